The smallest absolute Gasteiger partial charge is 0.404 e. The van der Waals surface area contributed by atoms with E-state index in [0.29, 0.717) is 11.8 Å². The Morgan fingerprint density at radius 1 is 1.11 bits per heavy atom. The van der Waals surface area contributed by atoms with Gasteiger partial charge in [-0.3, -0.25) is 9.79 Å². The molecule has 0 heterocycles. The number of phosphoric ester groups is 1. The van der Waals surface area contributed by atoms with Crippen molar-refractivity contribution in [3.8, 4) is 5.75 Å². The lowest BCUT2D eigenvalue weighted by Crippen LogP contribution is -2.02. The fourth-order valence-corrected chi connectivity index (χ4v) is 2.48. The van der Waals surface area contributed by atoms with Crippen molar-refractivity contribution in [3.05, 3.63) is 29.3 Å². The Hall–Kier alpha value is -0.830. The number of benzene rings is 1. The highest BCUT2D eigenvalue weighted by molar-refractivity contribution is 7.46. The van der Waals surface area contributed by atoms with Crippen LogP contribution in [-0.4, -0.2) is 9.79 Å². The van der Waals surface area contributed by atoms with Crippen molar-refractivity contribution in [2.24, 2.45) is 11.8 Å². The van der Waals surface area contributed by atoms with E-state index in [1.165, 1.54) is 5.56 Å². The Balaban J connectivity index is 3.05. The first-order chi connectivity index (χ1) is 8.67. The van der Waals surface area contributed by atoms with Crippen LogP contribution in [0.2, 0.25) is 0 Å². The van der Waals surface area contributed by atoms with Crippen molar-refractivity contribution < 1.29 is 18.9 Å². The summed E-state index contributed by atoms with van der Waals surface area (Å²) in [5.41, 5.74) is 2.03. The summed E-state index contributed by atoms with van der Waals surface area (Å²) >= 11 is 0. The number of rotatable bonds is 6. The van der Waals surface area contributed by atoms with Gasteiger partial charge in [-0.15, -0.1) is 0 Å². The molecule has 0 aliphatic carbocycles. The van der Waals surface area contributed by atoms with E-state index in [4.69, 9.17) is 14.3 Å². The predicted octanol–water partition coefficient (Wildman–Crippen LogP) is 3.56. The van der Waals surface area contributed by atoms with Crippen molar-refractivity contribution in [2.75, 3.05) is 0 Å². The summed E-state index contributed by atoms with van der Waals surface area (Å²) in [5, 5.41) is 0. The van der Waals surface area contributed by atoms with Gasteiger partial charge in [0.25, 0.3) is 0 Å². The lowest BCUT2D eigenvalue weighted by Gasteiger charge is -2.15. The molecule has 1 aromatic rings. The average molecular weight is 286 g/mol. The molecular weight excluding hydrogens is 263 g/mol. The lowest BCUT2D eigenvalue weighted by atomic mass is 9.96. The van der Waals surface area contributed by atoms with Crippen LogP contribution in [0.3, 0.4) is 0 Å². The first-order valence-electron chi connectivity index (χ1n) is 6.54. The molecule has 2 N–H and O–H groups in total. The lowest BCUT2D eigenvalue weighted by molar-refractivity contribution is 0.282. The maximum absolute atomic E-state index is 11.0. The van der Waals surface area contributed by atoms with Crippen LogP contribution in [0.5, 0.6) is 5.75 Å². The largest absolute Gasteiger partial charge is 0.524 e. The minimum atomic E-state index is -4.50. The highest BCUT2D eigenvalue weighted by atomic mass is 31.2. The molecule has 0 fully saturated rings. The van der Waals surface area contributed by atoms with Gasteiger partial charge in [-0.25, -0.2) is 4.57 Å². The van der Waals surface area contributed by atoms with Gasteiger partial charge in [-0.05, 0) is 41.9 Å². The van der Waals surface area contributed by atoms with Crippen LogP contribution in [0.15, 0.2) is 18.2 Å². The minimum Gasteiger partial charge on any atom is -0.404 e. The van der Waals surface area contributed by atoms with Crippen LogP contribution >= 0.6 is 7.82 Å². The van der Waals surface area contributed by atoms with Crippen LogP contribution in [0.1, 0.15) is 38.8 Å². The molecule has 0 saturated carbocycles. The molecule has 0 unspecified atom stereocenters. The van der Waals surface area contributed by atoms with Crippen molar-refractivity contribution >= 4 is 7.82 Å². The second kappa shape index (κ2) is 6.56. The molecule has 0 radical (unpaired) electrons. The Morgan fingerprint density at radius 3 is 2.16 bits per heavy atom. The molecular formula is C14H23O4P. The average Bonchev–Trinajstić information content (AvgIpc) is 2.18. The van der Waals surface area contributed by atoms with E-state index in [1.54, 1.807) is 6.07 Å². The maximum Gasteiger partial charge on any atom is 0.524 e. The quantitative estimate of drug-likeness (QED) is 0.785. The molecule has 0 spiro atoms. The number of hydrogen-bond acceptors (Lipinski definition) is 2. The van der Waals surface area contributed by atoms with E-state index in [0.717, 1.165) is 18.4 Å². The third-order valence-corrected chi connectivity index (χ3v) is 3.05. The van der Waals surface area contributed by atoms with Crippen molar-refractivity contribution in [1.82, 2.24) is 0 Å². The molecule has 108 valence electrons. The SMILES string of the molecule is CC(C)Cc1ccc(OP(=O)(O)O)c(CC(C)C)c1. The molecule has 4 nitrogen and oxygen atoms in total. The first kappa shape index (κ1) is 16.2. The van der Waals surface area contributed by atoms with E-state index >= 15 is 0 Å². The van der Waals surface area contributed by atoms with Gasteiger partial charge >= 0.3 is 7.82 Å². The van der Waals surface area contributed by atoms with Gasteiger partial charge in [0, 0.05) is 0 Å². The zero-order chi connectivity index (χ0) is 14.6. The van der Waals surface area contributed by atoms with Crippen molar-refractivity contribution in [3.63, 3.8) is 0 Å². The third-order valence-electron chi connectivity index (χ3n) is 2.61. The Labute approximate surface area is 115 Å². The Kier molecular flexibility index (Phi) is 5.60. The van der Waals surface area contributed by atoms with Crippen LogP contribution < -0.4 is 4.52 Å². The summed E-state index contributed by atoms with van der Waals surface area (Å²) in [6.07, 6.45) is 1.68. The molecule has 0 bridgehead atoms. The van der Waals surface area contributed by atoms with E-state index in [2.05, 4.69) is 27.7 Å². The van der Waals surface area contributed by atoms with Crippen molar-refractivity contribution in [2.45, 2.75) is 40.5 Å². The monoisotopic (exact) mass is 286 g/mol. The van der Waals surface area contributed by atoms with Crippen LogP contribution in [0.4, 0.5) is 0 Å². The van der Waals surface area contributed by atoms with E-state index in [9.17, 15) is 4.57 Å². The van der Waals surface area contributed by atoms with Crippen molar-refractivity contribution in [1.29, 1.82) is 0 Å². The molecule has 1 rings (SSSR count). The molecule has 0 saturated heterocycles. The van der Waals surface area contributed by atoms with Crippen LogP contribution in [0, 0.1) is 11.8 Å². The molecule has 5 heteroatoms. The van der Waals surface area contributed by atoms with Crippen LogP contribution in [-0.2, 0) is 17.4 Å². The molecule has 0 amide bonds. The third kappa shape index (κ3) is 6.24. The molecule has 0 aliphatic heterocycles. The van der Waals surface area contributed by atoms with E-state index in [-0.39, 0.29) is 5.75 Å². The van der Waals surface area contributed by atoms with Gasteiger partial charge in [-0.2, -0.15) is 0 Å². The number of hydrogen-bond donors (Lipinski definition) is 2. The van der Waals surface area contributed by atoms with Gasteiger partial charge < -0.3 is 4.52 Å². The van der Waals surface area contributed by atoms with E-state index < -0.39 is 7.82 Å². The Bertz CT molecular complexity index is 463. The Morgan fingerprint density at radius 2 is 1.68 bits per heavy atom. The summed E-state index contributed by atoms with van der Waals surface area (Å²) in [5.74, 6) is 1.23. The summed E-state index contributed by atoms with van der Waals surface area (Å²) in [6.45, 7) is 8.41. The second-order valence-electron chi connectivity index (χ2n) is 5.72. The standard InChI is InChI=1S/C14H23O4P/c1-10(2)7-12-5-6-14(18-19(15,16)17)13(9-12)8-11(3)4/h5-6,9-11H,7-8H2,1-4H3,(H2,15,16,17). The fourth-order valence-electron chi connectivity index (χ4n) is 2.05. The van der Waals surface area contributed by atoms with Gasteiger partial charge in [0.2, 0.25) is 0 Å². The predicted molar refractivity (Wildman–Crippen MR) is 76.2 cm³/mol. The summed E-state index contributed by atoms with van der Waals surface area (Å²) in [7, 11) is -4.50. The molecule has 0 aliphatic rings. The molecule has 1 aromatic carbocycles. The molecule has 0 aromatic heterocycles. The van der Waals surface area contributed by atoms with Gasteiger partial charge in [-0.1, -0.05) is 39.8 Å². The summed E-state index contributed by atoms with van der Waals surface area (Å²) in [6, 6.07) is 5.52. The van der Waals surface area contributed by atoms with Crippen LogP contribution in [0.25, 0.3) is 0 Å². The minimum absolute atomic E-state index is 0.287. The zero-order valence-electron chi connectivity index (χ0n) is 12.0. The molecule has 0 atom stereocenters. The first-order valence-corrected chi connectivity index (χ1v) is 8.07. The van der Waals surface area contributed by atoms with Gasteiger partial charge in [0.1, 0.15) is 5.75 Å². The maximum atomic E-state index is 11.0. The second-order valence-corrected chi connectivity index (χ2v) is 6.88. The fraction of sp³-hybridized carbons (Fsp3) is 0.571. The van der Waals surface area contributed by atoms with Gasteiger partial charge in [0.15, 0.2) is 0 Å². The normalized spacial score (nSPS) is 12.2. The van der Waals surface area contributed by atoms with Gasteiger partial charge in [0.05, 0.1) is 0 Å². The van der Waals surface area contributed by atoms with E-state index in [1.807, 2.05) is 12.1 Å². The summed E-state index contributed by atoms with van der Waals surface area (Å²) < 4.78 is 15.7. The number of phosphoric acid groups is 1. The zero-order valence-corrected chi connectivity index (χ0v) is 12.9. The summed E-state index contributed by atoms with van der Waals surface area (Å²) in [4.78, 5) is 17.9. The molecule has 19 heavy (non-hydrogen) atoms. The highest BCUT2D eigenvalue weighted by Crippen LogP contribution is 2.40. The highest BCUT2D eigenvalue weighted by Gasteiger charge is 2.19. The topological polar surface area (TPSA) is 66.8 Å².